The molecule has 0 aromatic heterocycles. The van der Waals surface area contributed by atoms with Gasteiger partial charge in [0, 0.05) is 24.3 Å². The van der Waals surface area contributed by atoms with Gasteiger partial charge >= 0.3 is 12.3 Å². The van der Waals surface area contributed by atoms with E-state index >= 15 is 0 Å². The molecule has 0 amide bonds. The number of ether oxygens (including phenoxy) is 2. The number of hydrogen-bond donors (Lipinski definition) is 2. The van der Waals surface area contributed by atoms with Crippen molar-refractivity contribution in [3.05, 3.63) is 58.1 Å². The molecule has 0 aliphatic carbocycles. The minimum atomic E-state index is -3.10. The van der Waals surface area contributed by atoms with Crippen LogP contribution < -0.4 is 20.1 Å². The van der Waals surface area contributed by atoms with E-state index in [1.807, 2.05) is 30.3 Å². The Morgan fingerprint density at radius 1 is 1.15 bits per heavy atom. The van der Waals surface area contributed by atoms with Crippen LogP contribution in [0.15, 0.2) is 42.5 Å². The van der Waals surface area contributed by atoms with E-state index in [1.54, 1.807) is 0 Å². The molecule has 0 radical (unpaired) electrons. The van der Waals surface area contributed by atoms with E-state index in [-0.39, 0.29) is 23.7 Å². The number of nitro groups is 1. The van der Waals surface area contributed by atoms with Gasteiger partial charge in [0.25, 0.3) is 0 Å². The fourth-order valence-electron chi connectivity index (χ4n) is 2.55. The Kier molecular flexibility index (Phi) is 7.75. The normalized spacial score (nSPS) is 10.7. The van der Waals surface area contributed by atoms with Gasteiger partial charge in [-0.2, -0.15) is 8.78 Å². The predicted molar refractivity (Wildman–Crippen MR) is 97.5 cm³/mol. The Labute approximate surface area is 155 Å². The smallest absolute Gasteiger partial charge is 0.387 e. The summed E-state index contributed by atoms with van der Waals surface area (Å²) in [5, 5.41) is 17.7. The van der Waals surface area contributed by atoms with Crippen molar-refractivity contribution in [3.8, 4) is 11.5 Å². The van der Waals surface area contributed by atoms with Crippen LogP contribution in [0.25, 0.3) is 0 Å². The van der Waals surface area contributed by atoms with E-state index in [2.05, 4.69) is 15.4 Å². The van der Waals surface area contributed by atoms with Crippen molar-refractivity contribution < 1.29 is 23.2 Å². The van der Waals surface area contributed by atoms with Gasteiger partial charge < -0.3 is 20.1 Å². The topological polar surface area (TPSA) is 85.7 Å². The maximum Gasteiger partial charge on any atom is 0.387 e. The monoisotopic (exact) mass is 381 g/mol. The second-order valence-electron chi connectivity index (χ2n) is 5.56. The SMILES string of the molecule is COc1c(OC(F)F)ccc(CNCCCNc2ccccc2)c1[N+](=O)[O-]. The lowest BCUT2D eigenvalue weighted by Gasteiger charge is -2.13. The molecular formula is C18H21F2N3O4. The number of anilines is 1. The number of para-hydroxylation sites is 1. The van der Waals surface area contributed by atoms with Crippen LogP contribution in [0.1, 0.15) is 12.0 Å². The lowest BCUT2D eigenvalue weighted by molar-refractivity contribution is -0.386. The molecule has 0 aliphatic heterocycles. The highest BCUT2D eigenvalue weighted by atomic mass is 19.3. The highest BCUT2D eigenvalue weighted by Gasteiger charge is 2.26. The van der Waals surface area contributed by atoms with E-state index in [0.717, 1.165) is 18.7 Å². The van der Waals surface area contributed by atoms with Crippen LogP contribution in [-0.2, 0) is 6.54 Å². The molecule has 0 unspecified atom stereocenters. The van der Waals surface area contributed by atoms with Gasteiger partial charge in [-0.3, -0.25) is 10.1 Å². The highest BCUT2D eigenvalue weighted by molar-refractivity contribution is 5.60. The van der Waals surface area contributed by atoms with Gasteiger partial charge in [0.2, 0.25) is 5.75 Å². The summed E-state index contributed by atoms with van der Waals surface area (Å²) in [6.07, 6.45) is 0.798. The van der Waals surface area contributed by atoms with Crippen LogP contribution in [0.4, 0.5) is 20.2 Å². The number of methoxy groups -OCH3 is 1. The molecule has 0 saturated heterocycles. The predicted octanol–water partition coefficient (Wildman–Crippen LogP) is 3.80. The highest BCUT2D eigenvalue weighted by Crippen LogP contribution is 2.40. The first-order chi connectivity index (χ1) is 13.0. The van der Waals surface area contributed by atoms with Gasteiger partial charge in [0.15, 0.2) is 5.75 Å². The van der Waals surface area contributed by atoms with E-state index in [4.69, 9.17) is 4.74 Å². The van der Waals surface area contributed by atoms with E-state index in [9.17, 15) is 18.9 Å². The first-order valence-electron chi connectivity index (χ1n) is 8.31. The fourth-order valence-corrected chi connectivity index (χ4v) is 2.55. The lowest BCUT2D eigenvalue weighted by Crippen LogP contribution is -2.18. The number of nitro benzene ring substituents is 1. The molecular weight excluding hydrogens is 360 g/mol. The fraction of sp³-hybridized carbons (Fsp3) is 0.333. The molecule has 146 valence electrons. The number of halogens is 2. The number of rotatable bonds is 11. The molecule has 0 aliphatic rings. The van der Waals surface area contributed by atoms with Crippen molar-refractivity contribution in [2.75, 3.05) is 25.5 Å². The number of benzene rings is 2. The quantitative estimate of drug-likeness (QED) is 0.350. The van der Waals surface area contributed by atoms with Crippen molar-refractivity contribution in [1.29, 1.82) is 0 Å². The summed E-state index contributed by atoms with van der Waals surface area (Å²) in [7, 11) is 1.17. The Balaban J connectivity index is 1.92. The maximum absolute atomic E-state index is 12.4. The van der Waals surface area contributed by atoms with E-state index in [1.165, 1.54) is 19.2 Å². The average Bonchev–Trinajstić information content (AvgIpc) is 2.65. The summed E-state index contributed by atoms with van der Waals surface area (Å²) >= 11 is 0. The average molecular weight is 381 g/mol. The van der Waals surface area contributed by atoms with Gasteiger partial charge in [-0.1, -0.05) is 18.2 Å². The van der Waals surface area contributed by atoms with Crippen molar-refractivity contribution >= 4 is 11.4 Å². The summed E-state index contributed by atoms with van der Waals surface area (Å²) in [6.45, 7) is -1.54. The minimum absolute atomic E-state index is 0.201. The van der Waals surface area contributed by atoms with Crippen LogP contribution in [0.3, 0.4) is 0 Å². The summed E-state index contributed by atoms with van der Waals surface area (Å²) in [5.41, 5.74) is 0.965. The number of alkyl halides is 2. The van der Waals surface area contributed by atoms with E-state index in [0.29, 0.717) is 12.1 Å². The molecule has 0 saturated carbocycles. The zero-order valence-corrected chi connectivity index (χ0v) is 14.8. The molecule has 0 bridgehead atoms. The third-order valence-electron chi connectivity index (χ3n) is 3.73. The second-order valence-corrected chi connectivity index (χ2v) is 5.56. The first kappa shape index (κ1) is 20.4. The van der Waals surface area contributed by atoms with Gasteiger partial charge in [0.05, 0.1) is 12.0 Å². The zero-order chi connectivity index (χ0) is 19.6. The van der Waals surface area contributed by atoms with Crippen LogP contribution >= 0.6 is 0 Å². The molecule has 0 fully saturated rings. The van der Waals surface area contributed by atoms with Crippen LogP contribution in [0.2, 0.25) is 0 Å². The van der Waals surface area contributed by atoms with Gasteiger partial charge in [-0.25, -0.2) is 0 Å². The minimum Gasteiger partial charge on any atom is -0.488 e. The van der Waals surface area contributed by atoms with Crippen molar-refractivity contribution in [3.63, 3.8) is 0 Å². The van der Waals surface area contributed by atoms with Crippen LogP contribution in [0.5, 0.6) is 11.5 Å². The largest absolute Gasteiger partial charge is 0.488 e. The molecule has 0 heterocycles. The lowest BCUT2D eigenvalue weighted by atomic mass is 10.1. The van der Waals surface area contributed by atoms with Gasteiger partial charge in [0.1, 0.15) is 0 Å². The molecule has 0 atom stereocenters. The van der Waals surface area contributed by atoms with Crippen LogP contribution in [0, 0.1) is 10.1 Å². The Morgan fingerprint density at radius 3 is 2.52 bits per heavy atom. The van der Waals surface area contributed by atoms with Crippen molar-refractivity contribution in [2.24, 2.45) is 0 Å². The Morgan fingerprint density at radius 2 is 1.89 bits per heavy atom. The molecule has 0 spiro atoms. The summed E-state index contributed by atoms with van der Waals surface area (Å²) in [5.74, 6) is -0.680. The molecule has 2 N–H and O–H groups in total. The van der Waals surface area contributed by atoms with Gasteiger partial charge in [-0.05, 0) is 37.2 Å². The number of nitrogens with zero attached hydrogens (tertiary/aromatic N) is 1. The Hall–Kier alpha value is -2.94. The third-order valence-corrected chi connectivity index (χ3v) is 3.73. The molecule has 2 rings (SSSR count). The number of hydrogen-bond acceptors (Lipinski definition) is 6. The summed E-state index contributed by atoms with van der Waals surface area (Å²) in [6, 6.07) is 12.4. The third kappa shape index (κ3) is 6.07. The maximum atomic E-state index is 12.4. The first-order valence-corrected chi connectivity index (χ1v) is 8.31. The molecule has 2 aromatic carbocycles. The second kappa shape index (κ2) is 10.3. The van der Waals surface area contributed by atoms with Crippen molar-refractivity contribution in [1.82, 2.24) is 5.32 Å². The van der Waals surface area contributed by atoms with Crippen LogP contribution in [-0.4, -0.2) is 31.7 Å². The van der Waals surface area contributed by atoms with Gasteiger partial charge in [-0.15, -0.1) is 0 Å². The number of nitrogens with one attached hydrogen (secondary N) is 2. The summed E-state index contributed by atoms with van der Waals surface area (Å²) in [4.78, 5) is 10.7. The van der Waals surface area contributed by atoms with Crippen molar-refractivity contribution in [2.45, 2.75) is 19.6 Å². The molecule has 9 heteroatoms. The molecule has 27 heavy (non-hydrogen) atoms. The molecule has 2 aromatic rings. The zero-order valence-electron chi connectivity index (χ0n) is 14.8. The standard InChI is InChI=1S/C18H21F2N3O4/c1-26-17-15(27-18(19)20)9-8-13(16(17)23(24)25)12-21-10-5-11-22-14-6-3-2-4-7-14/h2-4,6-9,18,21-22H,5,10-12H2,1H3. The van der Waals surface area contributed by atoms with E-state index < -0.39 is 11.5 Å². The molecule has 7 nitrogen and oxygen atoms in total. The Bertz CT molecular complexity index is 745. The summed E-state index contributed by atoms with van der Waals surface area (Å²) < 4.78 is 34.1.